The summed E-state index contributed by atoms with van der Waals surface area (Å²) in [5.41, 5.74) is 0. The van der Waals surface area contributed by atoms with Crippen LogP contribution in [0, 0.1) is 11.3 Å². The predicted molar refractivity (Wildman–Crippen MR) is 57.0 cm³/mol. The van der Waals surface area contributed by atoms with Gasteiger partial charge < -0.3 is 19.7 Å². The van der Waals surface area contributed by atoms with Crippen LogP contribution < -0.4 is 5.32 Å². The van der Waals surface area contributed by atoms with Crippen LogP contribution in [0.5, 0.6) is 0 Å². The molecule has 0 bridgehead atoms. The van der Waals surface area contributed by atoms with Gasteiger partial charge in [-0.3, -0.25) is 9.59 Å². The maximum Gasteiger partial charge on any atom is 0.331 e. The second-order valence-corrected chi connectivity index (χ2v) is 3.45. The van der Waals surface area contributed by atoms with E-state index in [1.807, 2.05) is 0 Å². The fourth-order valence-corrected chi connectivity index (χ4v) is 1.50. The molecule has 0 aromatic rings. The fourth-order valence-electron chi connectivity index (χ4n) is 1.50. The van der Waals surface area contributed by atoms with Crippen molar-refractivity contribution < 1.29 is 23.9 Å². The Bertz CT molecular complexity index is 389. The Morgan fingerprint density at radius 1 is 1.56 bits per heavy atom. The third-order valence-corrected chi connectivity index (χ3v) is 2.38. The molecular formula is C10H13N3O5. The van der Waals surface area contributed by atoms with Gasteiger partial charge in [-0.05, 0) is 0 Å². The van der Waals surface area contributed by atoms with Gasteiger partial charge in [0, 0.05) is 6.54 Å². The average Bonchev–Trinajstić information content (AvgIpc) is 2.43. The Morgan fingerprint density at radius 3 is 2.89 bits per heavy atom. The number of nitrogens with zero attached hydrogens (tertiary/aromatic N) is 2. The molecule has 1 heterocycles. The molecule has 0 saturated carbocycles. The van der Waals surface area contributed by atoms with Gasteiger partial charge >= 0.3 is 17.8 Å². The molecule has 1 N–H and O–H groups in total. The van der Waals surface area contributed by atoms with Gasteiger partial charge in [0.25, 0.3) is 0 Å². The maximum atomic E-state index is 11.8. The summed E-state index contributed by atoms with van der Waals surface area (Å²) in [4.78, 5) is 35.7. The first-order valence-electron chi connectivity index (χ1n) is 5.23. The zero-order chi connectivity index (χ0) is 13.5. The summed E-state index contributed by atoms with van der Waals surface area (Å²) in [6.45, 7) is 0.0884. The monoisotopic (exact) mass is 255 g/mol. The Kier molecular flexibility index (Phi) is 5.07. The number of carbonyl (C=O) groups excluding carboxylic acids is 3. The number of carbonyl (C=O) groups is 3. The van der Waals surface area contributed by atoms with E-state index in [9.17, 15) is 14.4 Å². The average molecular weight is 255 g/mol. The van der Waals surface area contributed by atoms with E-state index in [0.29, 0.717) is 0 Å². The zero-order valence-electron chi connectivity index (χ0n) is 9.84. The highest BCUT2D eigenvalue weighted by Gasteiger charge is 2.36. The third kappa shape index (κ3) is 3.18. The Morgan fingerprint density at radius 2 is 2.28 bits per heavy atom. The van der Waals surface area contributed by atoms with Gasteiger partial charge in [0.15, 0.2) is 6.04 Å². The number of nitrogens with one attached hydrogen (secondary N) is 1. The number of ether oxygens (including phenoxy) is 2. The molecule has 1 aliphatic rings. The fraction of sp³-hybridized carbons (Fsp3) is 0.600. The molecule has 0 aromatic heterocycles. The first kappa shape index (κ1) is 13.9. The molecule has 1 saturated heterocycles. The van der Waals surface area contributed by atoms with E-state index in [0.717, 1.165) is 4.90 Å². The van der Waals surface area contributed by atoms with Crippen molar-refractivity contribution in [3.05, 3.63) is 0 Å². The molecule has 2 amide bonds. The number of esters is 1. The lowest BCUT2D eigenvalue weighted by Crippen LogP contribution is -2.56. The predicted octanol–water partition coefficient (Wildman–Crippen LogP) is -1.97. The number of methoxy groups -OCH3 is 1. The number of amides is 2. The first-order chi connectivity index (χ1) is 8.61. The van der Waals surface area contributed by atoms with Crippen LogP contribution in [0.25, 0.3) is 0 Å². The van der Waals surface area contributed by atoms with E-state index >= 15 is 0 Å². The second-order valence-electron chi connectivity index (χ2n) is 3.45. The Hall–Kier alpha value is -2.14. The van der Waals surface area contributed by atoms with Gasteiger partial charge in [-0.1, -0.05) is 0 Å². The van der Waals surface area contributed by atoms with E-state index in [1.54, 1.807) is 6.07 Å². The molecule has 1 atom stereocenters. The molecule has 1 rings (SSSR count). The van der Waals surface area contributed by atoms with Crippen LogP contribution in [0.4, 0.5) is 0 Å². The molecule has 1 aliphatic heterocycles. The van der Waals surface area contributed by atoms with Crippen LogP contribution in [-0.2, 0) is 23.9 Å². The summed E-state index contributed by atoms with van der Waals surface area (Å²) < 4.78 is 9.60. The lowest BCUT2D eigenvalue weighted by molar-refractivity contribution is -0.163. The second kappa shape index (κ2) is 6.56. The highest BCUT2D eigenvalue weighted by molar-refractivity contribution is 6.35. The van der Waals surface area contributed by atoms with Crippen LogP contribution >= 0.6 is 0 Å². The van der Waals surface area contributed by atoms with Crippen LogP contribution in [-0.4, -0.2) is 62.1 Å². The molecule has 1 unspecified atom stereocenters. The van der Waals surface area contributed by atoms with E-state index < -0.39 is 23.8 Å². The highest BCUT2D eigenvalue weighted by atomic mass is 16.5. The molecule has 0 spiro atoms. The summed E-state index contributed by atoms with van der Waals surface area (Å²) in [6.07, 6.45) is 0. The van der Waals surface area contributed by atoms with Gasteiger partial charge in [-0.25, -0.2) is 4.79 Å². The summed E-state index contributed by atoms with van der Waals surface area (Å²) in [6, 6.07) is 0.756. The van der Waals surface area contributed by atoms with Crippen LogP contribution in [0.15, 0.2) is 0 Å². The lowest BCUT2D eigenvalue weighted by Gasteiger charge is -2.32. The normalized spacial score (nSPS) is 18.7. The van der Waals surface area contributed by atoms with Gasteiger partial charge in [0.1, 0.15) is 6.54 Å². The zero-order valence-corrected chi connectivity index (χ0v) is 9.84. The minimum absolute atomic E-state index is 0.00998. The van der Waals surface area contributed by atoms with E-state index in [4.69, 9.17) is 10.00 Å². The number of nitriles is 1. The Balaban J connectivity index is 2.71. The van der Waals surface area contributed by atoms with Crippen LogP contribution in [0.3, 0.4) is 0 Å². The number of hydrogen-bond donors (Lipinski definition) is 1. The molecule has 0 aliphatic carbocycles. The van der Waals surface area contributed by atoms with Gasteiger partial charge in [-0.2, -0.15) is 5.26 Å². The largest absolute Gasteiger partial charge is 0.467 e. The summed E-state index contributed by atoms with van der Waals surface area (Å²) in [7, 11) is 1.19. The van der Waals surface area contributed by atoms with E-state index in [-0.39, 0.29) is 26.3 Å². The molecule has 0 radical (unpaired) electrons. The molecule has 98 valence electrons. The molecule has 1 fully saturated rings. The number of rotatable bonds is 2. The van der Waals surface area contributed by atoms with Crippen molar-refractivity contribution in [2.24, 2.45) is 0 Å². The van der Waals surface area contributed by atoms with Crippen molar-refractivity contribution in [1.29, 1.82) is 5.26 Å². The standard InChI is InChI=1S/C10H13N3O5/c1-17-10(16)7-6-18-5-4-13(7)9(15)8(14)12-3-2-11/h7H,3-6H2,1H3,(H,12,14). The van der Waals surface area contributed by atoms with E-state index in [2.05, 4.69) is 10.1 Å². The highest BCUT2D eigenvalue weighted by Crippen LogP contribution is 2.09. The summed E-state index contributed by atoms with van der Waals surface area (Å²) >= 11 is 0. The summed E-state index contributed by atoms with van der Waals surface area (Å²) in [5, 5.41) is 10.4. The van der Waals surface area contributed by atoms with Crippen LogP contribution in [0.1, 0.15) is 0 Å². The smallest absolute Gasteiger partial charge is 0.331 e. The van der Waals surface area contributed by atoms with Gasteiger partial charge in [-0.15, -0.1) is 0 Å². The quantitative estimate of drug-likeness (QED) is 0.348. The van der Waals surface area contributed by atoms with Crippen molar-refractivity contribution in [2.75, 3.05) is 33.4 Å². The lowest BCUT2D eigenvalue weighted by atomic mass is 10.2. The summed E-state index contributed by atoms with van der Waals surface area (Å²) in [5.74, 6) is -2.44. The van der Waals surface area contributed by atoms with Crippen molar-refractivity contribution in [1.82, 2.24) is 10.2 Å². The first-order valence-corrected chi connectivity index (χ1v) is 5.23. The SMILES string of the molecule is COC(=O)C1COCCN1C(=O)C(=O)NCC#N. The van der Waals surface area contributed by atoms with Crippen molar-refractivity contribution >= 4 is 17.8 Å². The minimum atomic E-state index is -0.927. The van der Waals surface area contributed by atoms with Crippen molar-refractivity contribution in [3.63, 3.8) is 0 Å². The third-order valence-electron chi connectivity index (χ3n) is 2.38. The van der Waals surface area contributed by atoms with Crippen molar-refractivity contribution in [3.8, 4) is 6.07 Å². The van der Waals surface area contributed by atoms with E-state index in [1.165, 1.54) is 7.11 Å². The Labute approximate surface area is 103 Å². The maximum absolute atomic E-state index is 11.8. The molecule has 8 heteroatoms. The van der Waals surface area contributed by atoms with Gasteiger partial charge in [0.2, 0.25) is 0 Å². The molecule has 8 nitrogen and oxygen atoms in total. The number of hydrogen-bond acceptors (Lipinski definition) is 6. The molecule has 18 heavy (non-hydrogen) atoms. The molecule has 0 aromatic carbocycles. The van der Waals surface area contributed by atoms with Crippen molar-refractivity contribution in [2.45, 2.75) is 6.04 Å². The minimum Gasteiger partial charge on any atom is -0.467 e. The number of morpholine rings is 1. The van der Waals surface area contributed by atoms with Crippen LogP contribution in [0.2, 0.25) is 0 Å². The topological polar surface area (TPSA) is 109 Å². The van der Waals surface area contributed by atoms with Gasteiger partial charge in [0.05, 0.1) is 26.4 Å². The molecular weight excluding hydrogens is 242 g/mol.